The average Bonchev–Trinajstić information content (AvgIpc) is 2.40. The number of ether oxygens (including phenoxy) is 1. The molecule has 0 atom stereocenters. The number of nitrogens with one attached hydrogen (secondary N) is 2. The summed E-state index contributed by atoms with van der Waals surface area (Å²) in [6.07, 6.45) is 0. The van der Waals surface area contributed by atoms with Gasteiger partial charge in [-0.15, -0.1) is 11.8 Å². The molecule has 2 N–H and O–H groups in total. The summed E-state index contributed by atoms with van der Waals surface area (Å²) in [6.45, 7) is 8.32. The first kappa shape index (κ1) is 18.0. The van der Waals surface area contributed by atoms with E-state index in [0.717, 1.165) is 18.0 Å². The second kappa shape index (κ2) is 9.07. The molecule has 0 radical (unpaired) electrons. The van der Waals surface area contributed by atoms with Crippen LogP contribution in [0.3, 0.4) is 0 Å². The molecule has 5 heteroatoms. The topological polar surface area (TPSA) is 50.4 Å². The van der Waals surface area contributed by atoms with E-state index in [2.05, 4.69) is 22.8 Å². The molecule has 0 fully saturated rings. The fraction of sp³-hybridized carbons (Fsp3) is 0.562. The van der Waals surface area contributed by atoms with Gasteiger partial charge in [0.15, 0.2) is 0 Å². The molecule has 0 bridgehead atoms. The molecule has 1 aromatic rings. The van der Waals surface area contributed by atoms with Gasteiger partial charge in [0.1, 0.15) is 0 Å². The van der Waals surface area contributed by atoms with Gasteiger partial charge in [-0.3, -0.25) is 4.79 Å². The summed E-state index contributed by atoms with van der Waals surface area (Å²) in [5, 5.41) is 6.28. The third-order valence-electron chi connectivity index (χ3n) is 2.59. The Morgan fingerprint density at radius 1 is 1.33 bits per heavy atom. The van der Waals surface area contributed by atoms with Gasteiger partial charge in [0.25, 0.3) is 0 Å². The summed E-state index contributed by atoms with van der Waals surface area (Å²) in [4.78, 5) is 12.9. The first-order valence-electron chi connectivity index (χ1n) is 7.13. The van der Waals surface area contributed by atoms with Crippen molar-refractivity contribution in [2.75, 3.05) is 26.0 Å². The van der Waals surface area contributed by atoms with E-state index in [-0.39, 0.29) is 11.4 Å². The van der Waals surface area contributed by atoms with Gasteiger partial charge in [-0.1, -0.05) is 12.1 Å². The zero-order valence-electron chi connectivity index (χ0n) is 13.4. The Hall–Kier alpha value is -1.04. The molecule has 0 spiro atoms. The van der Waals surface area contributed by atoms with E-state index < -0.39 is 0 Å². The number of rotatable bonds is 8. The van der Waals surface area contributed by atoms with Gasteiger partial charge < -0.3 is 15.4 Å². The Morgan fingerprint density at radius 3 is 2.76 bits per heavy atom. The van der Waals surface area contributed by atoms with Crippen LogP contribution in [0.4, 0.5) is 0 Å². The van der Waals surface area contributed by atoms with Gasteiger partial charge in [-0.25, -0.2) is 0 Å². The standard InChI is InChI=1S/C16H26N2O2S/c1-16(2,3)18-15(19)12-21-14-7-5-6-13(10-14)11-17-8-9-20-4/h5-7,10,17H,8-9,11-12H2,1-4H3,(H,18,19). The Bertz CT molecular complexity index is 444. The molecular weight excluding hydrogens is 284 g/mol. The Labute approximate surface area is 132 Å². The molecule has 0 heterocycles. The quantitative estimate of drug-likeness (QED) is 0.572. The highest BCUT2D eigenvalue weighted by Crippen LogP contribution is 2.19. The van der Waals surface area contributed by atoms with E-state index in [1.165, 1.54) is 5.56 Å². The number of hydrogen-bond donors (Lipinski definition) is 2. The number of carbonyl (C=O) groups excluding carboxylic acids is 1. The summed E-state index contributed by atoms with van der Waals surface area (Å²) in [6, 6.07) is 8.26. The molecule has 1 rings (SSSR count). The molecule has 1 amide bonds. The number of amides is 1. The molecule has 0 aliphatic carbocycles. The van der Waals surface area contributed by atoms with E-state index in [9.17, 15) is 4.79 Å². The smallest absolute Gasteiger partial charge is 0.230 e. The van der Waals surface area contributed by atoms with E-state index >= 15 is 0 Å². The van der Waals surface area contributed by atoms with Crippen molar-refractivity contribution in [3.8, 4) is 0 Å². The molecule has 1 aromatic carbocycles. The summed E-state index contributed by atoms with van der Waals surface area (Å²) in [5.74, 6) is 0.508. The highest BCUT2D eigenvalue weighted by atomic mass is 32.2. The highest BCUT2D eigenvalue weighted by Gasteiger charge is 2.13. The number of hydrogen-bond acceptors (Lipinski definition) is 4. The predicted molar refractivity (Wildman–Crippen MR) is 88.6 cm³/mol. The minimum absolute atomic E-state index is 0.0659. The van der Waals surface area contributed by atoms with Crippen molar-refractivity contribution in [1.82, 2.24) is 10.6 Å². The van der Waals surface area contributed by atoms with E-state index in [4.69, 9.17) is 4.74 Å². The largest absolute Gasteiger partial charge is 0.383 e. The molecule has 0 saturated heterocycles. The summed E-state index contributed by atoms with van der Waals surface area (Å²) < 4.78 is 5.00. The monoisotopic (exact) mass is 310 g/mol. The lowest BCUT2D eigenvalue weighted by molar-refractivity contribution is -0.119. The molecule has 0 aliphatic heterocycles. The second-order valence-corrected chi connectivity index (χ2v) is 6.95. The lowest BCUT2D eigenvalue weighted by Crippen LogP contribution is -2.41. The SMILES string of the molecule is COCCNCc1cccc(SCC(=O)NC(C)(C)C)c1. The van der Waals surface area contributed by atoms with Crippen LogP contribution in [-0.2, 0) is 16.1 Å². The molecule has 0 saturated carbocycles. The van der Waals surface area contributed by atoms with Gasteiger partial charge in [0, 0.05) is 30.6 Å². The van der Waals surface area contributed by atoms with Crippen molar-refractivity contribution in [3.63, 3.8) is 0 Å². The zero-order valence-corrected chi connectivity index (χ0v) is 14.2. The molecule has 0 unspecified atom stereocenters. The van der Waals surface area contributed by atoms with Gasteiger partial charge in [-0.05, 0) is 38.5 Å². The van der Waals surface area contributed by atoms with Gasteiger partial charge in [0.05, 0.1) is 12.4 Å². The van der Waals surface area contributed by atoms with Crippen LogP contribution in [0.5, 0.6) is 0 Å². The Morgan fingerprint density at radius 2 is 2.10 bits per heavy atom. The number of thioether (sulfide) groups is 1. The summed E-state index contributed by atoms with van der Waals surface area (Å²) >= 11 is 1.56. The van der Waals surface area contributed by atoms with Crippen molar-refractivity contribution in [2.24, 2.45) is 0 Å². The minimum Gasteiger partial charge on any atom is -0.383 e. The van der Waals surface area contributed by atoms with Crippen molar-refractivity contribution in [1.29, 1.82) is 0 Å². The van der Waals surface area contributed by atoms with Crippen molar-refractivity contribution in [3.05, 3.63) is 29.8 Å². The number of benzene rings is 1. The van der Waals surface area contributed by atoms with Crippen LogP contribution in [0, 0.1) is 0 Å². The minimum atomic E-state index is -0.176. The van der Waals surface area contributed by atoms with Gasteiger partial charge in [-0.2, -0.15) is 0 Å². The Kier molecular flexibility index (Phi) is 7.78. The summed E-state index contributed by atoms with van der Waals surface area (Å²) in [7, 11) is 1.70. The maximum absolute atomic E-state index is 11.8. The molecular formula is C16H26N2O2S. The Balaban J connectivity index is 2.40. The van der Waals surface area contributed by atoms with Crippen LogP contribution in [0.15, 0.2) is 29.2 Å². The van der Waals surface area contributed by atoms with Crippen molar-refractivity contribution < 1.29 is 9.53 Å². The maximum atomic E-state index is 11.8. The average molecular weight is 310 g/mol. The third kappa shape index (κ3) is 8.75. The summed E-state index contributed by atoms with van der Waals surface area (Å²) in [5.41, 5.74) is 1.04. The molecule has 118 valence electrons. The predicted octanol–water partition coefficient (Wildman–Crippen LogP) is 2.43. The second-order valence-electron chi connectivity index (χ2n) is 5.90. The van der Waals surface area contributed by atoms with Crippen LogP contribution in [-0.4, -0.2) is 37.5 Å². The zero-order chi connectivity index (χ0) is 15.7. The van der Waals surface area contributed by atoms with Gasteiger partial charge >= 0.3 is 0 Å². The fourth-order valence-corrected chi connectivity index (χ4v) is 2.53. The molecule has 0 aliphatic rings. The first-order valence-corrected chi connectivity index (χ1v) is 8.12. The van der Waals surface area contributed by atoms with Crippen LogP contribution in [0.1, 0.15) is 26.3 Å². The van der Waals surface area contributed by atoms with E-state index in [1.807, 2.05) is 32.9 Å². The highest BCUT2D eigenvalue weighted by molar-refractivity contribution is 8.00. The molecule has 4 nitrogen and oxygen atoms in total. The van der Waals surface area contributed by atoms with Crippen LogP contribution < -0.4 is 10.6 Å². The van der Waals surface area contributed by atoms with E-state index in [1.54, 1.807) is 18.9 Å². The number of methoxy groups -OCH3 is 1. The molecule has 21 heavy (non-hydrogen) atoms. The lowest BCUT2D eigenvalue weighted by Gasteiger charge is -2.20. The maximum Gasteiger partial charge on any atom is 0.230 e. The van der Waals surface area contributed by atoms with E-state index in [0.29, 0.717) is 12.4 Å². The molecule has 0 aromatic heterocycles. The van der Waals surface area contributed by atoms with Crippen LogP contribution in [0.2, 0.25) is 0 Å². The first-order chi connectivity index (χ1) is 9.90. The van der Waals surface area contributed by atoms with Crippen LogP contribution in [0.25, 0.3) is 0 Å². The fourth-order valence-electron chi connectivity index (χ4n) is 1.76. The van der Waals surface area contributed by atoms with Crippen molar-refractivity contribution >= 4 is 17.7 Å². The lowest BCUT2D eigenvalue weighted by atomic mass is 10.1. The van der Waals surface area contributed by atoms with Gasteiger partial charge in [0.2, 0.25) is 5.91 Å². The van der Waals surface area contributed by atoms with Crippen molar-refractivity contribution in [2.45, 2.75) is 37.8 Å². The third-order valence-corrected chi connectivity index (χ3v) is 3.59. The normalized spacial score (nSPS) is 11.4. The van der Waals surface area contributed by atoms with Crippen LogP contribution >= 0.6 is 11.8 Å². The number of carbonyl (C=O) groups is 1.